The zero-order valence-corrected chi connectivity index (χ0v) is 23.4. The molecule has 0 bridgehead atoms. The number of aliphatic imine (C=N–C) groups is 1. The van der Waals surface area contributed by atoms with Crippen LogP contribution in [0.4, 0.5) is 13.2 Å². The number of hydrogen-bond acceptors (Lipinski definition) is 4. The minimum Gasteiger partial charge on any atom is -0.510 e. The maximum absolute atomic E-state index is 13.4. The van der Waals surface area contributed by atoms with Crippen molar-refractivity contribution >= 4 is 17.1 Å². The smallest absolute Gasteiger partial charge is 0.418 e. The van der Waals surface area contributed by atoms with E-state index in [1.165, 1.54) is 56.4 Å². The quantitative estimate of drug-likeness (QED) is 0.144. The molecule has 0 saturated carbocycles. The minimum absolute atomic E-state index is 0.291. The third-order valence-electron chi connectivity index (χ3n) is 6.12. The number of halogens is 3. The first kappa shape index (κ1) is 32.7. The Labute approximate surface area is 224 Å². The number of alkyl halides is 3. The summed E-state index contributed by atoms with van der Waals surface area (Å²) in [5.41, 5.74) is 2.04. The highest BCUT2D eigenvalue weighted by atomic mass is 19.4. The van der Waals surface area contributed by atoms with E-state index in [0.717, 1.165) is 32.3 Å². The number of rotatable bonds is 10. The molecule has 4 nitrogen and oxygen atoms in total. The van der Waals surface area contributed by atoms with Crippen LogP contribution in [-0.4, -0.2) is 22.8 Å². The number of nitrogens with zero attached hydrogens (tertiary/aromatic N) is 1. The second kappa shape index (κ2) is 15.8. The van der Waals surface area contributed by atoms with Crippen LogP contribution in [0.1, 0.15) is 90.3 Å². The summed E-state index contributed by atoms with van der Waals surface area (Å²) < 4.78 is 45.1. The molecule has 1 aromatic heterocycles. The van der Waals surface area contributed by atoms with Crippen molar-refractivity contribution in [1.29, 1.82) is 0 Å². The lowest BCUT2D eigenvalue weighted by Gasteiger charge is -2.17. The number of furan rings is 1. The highest BCUT2D eigenvalue weighted by molar-refractivity contribution is 6.05. The van der Waals surface area contributed by atoms with E-state index in [1.807, 2.05) is 0 Å². The summed E-state index contributed by atoms with van der Waals surface area (Å²) in [6.07, 6.45) is 5.47. The fourth-order valence-corrected chi connectivity index (χ4v) is 4.13. The van der Waals surface area contributed by atoms with Gasteiger partial charge in [-0.3, -0.25) is 4.79 Å². The van der Waals surface area contributed by atoms with Gasteiger partial charge in [0, 0.05) is 12.5 Å². The highest BCUT2D eigenvalue weighted by Gasteiger charge is 2.36. The van der Waals surface area contributed by atoms with Gasteiger partial charge in [0.25, 0.3) is 0 Å². The van der Waals surface area contributed by atoms with Crippen molar-refractivity contribution in [1.82, 2.24) is 0 Å². The molecule has 1 unspecified atom stereocenters. The molecule has 2 rings (SSSR count). The molecule has 1 aromatic carbocycles. The first-order chi connectivity index (χ1) is 17.9. The molecule has 0 fully saturated rings. The Kier molecular flexibility index (Phi) is 13.6. The molecule has 0 aliphatic rings. The molecule has 208 valence electrons. The van der Waals surface area contributed by atoms with Crippen LogP contribution in [-0.2, 0) is 11.2 Å². The minimum atomic E-state index is -4.68. The predicted molar refractivity (Wildman–Crippen MR) is 149 cm³/mol. The zero-order chi connectivity index (χ0) is 28.9. The van der Waals surface area contributed by atoms with Crippen molar-refractivity contribution in [3.05, 3.63) is 88.7 Å². The standard InChI is InChI=1S/C17H18F3NO3.C14H22/c1-5-13(14-6-7-24-9-14)8-15(17(18,19)20)10(2)21-16(11(3)22)12(4)23;1-4-9-12(5-2)14-11-8-7-10-13(14)6-3/h5-9,22H,1-4H3;7-8,10-12H,4-6,9H2,1-3H3/b13-5+,15-8+,16-11+,21-10+;. The van der Waals surface area contributed by atoms with Gasteiger partial charge in [-0.2, -0.15) is 13.2 Å². The summed E-state index contributed by atoms with van der Waals surface area (Å²) in [7, 11) is 0. The molecular formula is C31H40F3NO3. The third-order valence-corrected chi connectivity index (χ3v) is 6.12. The average Bonchev–Trinajstić information content (AvgIpc) is 3.40. The average molecular weight is 532 g/mol. The first-order valence-corrected chi connectivity index (χ1v) is 12.9. The van der Waals surface area contributed by atoms with E-state index in [9.17, 15) is 23.1 Å². The SMILES string of the molecule is CCCC(CC)c1ccccc1CC.C\C=C(/C=C(\C(C)=N\C(C(C)=O)=C(/C)O)C(F)(F)F)c1ccoc1. The Bertz CT molecular complexity index is 1150. The summed E-state index contributed by atoms with van der Waals surface area (Å²) in [6, 6.07) is 10.4. The molecule has 1 atom stereocenters. The van der Waals surface area contributed by atoms with Crippen molar-refractivity contribution in [2.75, 3.05) is 0 Å². The summed E-state index contributed by atoms with van der Waals surface area (Å²) in [6.45, 7) is 11.9. The normalized spacial score (nSPS) is 14.4. The number of Topliss-reactive ketones (excluding diaryl/α,β-unsaturated/α-hetero) is 1. The van der Waals surface area contributed by atoms with Gasteiger partial charge in [-0.1, -0.05) is 57.5 Å². The number of benzene rings is 1. The Balaban J connectivity index is 0.000000437. The number of aliphatic hydroxyl groups is 1. The van der Waals surface area contributed by atoms with E-state index in [2.05, 4.69) is 50.0 Å². The molecule has 0 aliphatic heterocycles. The van der Waals surface area contributed by atoms with Gasteiger partial charge in [0.2, 0.25) is 0 Å². The zero-order valence-electron chi connectivity index (χ0n) is 23.4. The van der Waals surface area contributed by atoms with Crippen molar-refractivity contribution in [3.8, 4) is 0 Å². The summed E-state index contributed by atoms with van der Waals surface area (Å²) >= 11 is 0. The van der Waals surface area contributed by atoms with Gasteiger partial charge in [0.05, 0.1) is 23.8 Å². The van der Waals surface area contributed by atoms with E-state index >= 15 is 0 Å². The van der Waals surface area contributed by atoms with E-state index in [4.69, 9.17) is 4.42 Å². The predicted octanol–water partition coefficient (Wildman–Crippen LogP) is 9.55. The number of hydrogen-bond donors (Lipinski definition) is 1. The maximum Gasteiger partial charge on any atom is 0.418 e. The Hall–Kier alpha value is -3.35. The lowest BCUT2D eigenvalue weighted by Crippen LogP contribution is -2.19. The molecule has 0 saturated heterocycles. The third kappa shape index (κ3) is 9.84. The molecule has 1 N–H and O–H groups in total. The van der Waals surface area contributed by atoms with Crippen LogP contribution in [0.3, 0.4) is 0 Å². The fraction of sp³-hybridized carbons (Fsp3) is 0.419. The molecule has 0 amide bonds. The van der Waals surface area contributed by atoms with Gasteiger partial charge in [-0.25, -0.2) is 4.99 Å². The van der Waals surface area contributed by atoms with Crippen LogP contribution in [0.5, 0.6) is 0 Å². The number of aliphatic hydroxyl groups excluding tert-OH is 1. The lowest BCUT2D eigenvalue weighted by atomic mass is 9.88. The summed E-state index contributed by atoms with van der Waals surface area (Å²) in [5, 5.41) is 9.42. The number of carbonyl (C=O) groups excluding carboxylic acids is 1. The second-order valence-electron chi connectivity index (χ2n) is 8.95. The van der Waals surface area contributed by atoms with Crippen molar-refractivity contribution in [3.63, 3.8) is 0 Å². The topological polar surface area (TPSA) is 62.8 Å². The van der Waals surface area contributed by atoms with Crippen LogP contribution in [0, 0.1) is 0 Å². The van der Waals surface area contributed by atoms with Crippen molar-refractivity contribution in [2.24, 2.45) is 4.99 Å². The molecule has 2 aromatic rings. The van der Waals surface area contributed by atoms with Gasteiger partial charge in [0.1, 0.15) is 11.5 Å². The van der Waals surface area contributed by atoms with Gasteiger partial charge in [-0.15, -0.1) is 0 Å². The molecule has 7 heteroatoms. The van der Waals surface area contributed by atoms with Crippen LogP contribution >= 0.6 is 0 Å². The Morgan fingerprint density at radius 2 is 1.76 bits per heavy atom. The van der Waals surface area contributed by atoms with Gasteiger partial charge >= 0.3 is 6.18 Å². The van der Waals surface area contributed by atoms with E-state index in [0.29, 0.717) is 11.1 Å². The van der Waals surface area contributed by atoms with Gasteiger partial charge in [-0.05, 0) is 74.8 Å². The maximum atomic E-state index is 13.4. The van der Waals surface area contributed by atoms with Gasteiger partial charge < -0.3 is 9.52 Å². The van der Waals surface area contributed by atoms with Crippen molar-refractivity contribution < 1.29 is 27.5 Å². The Morgan fingerprint density at radius 3 is 2.21 bits per heavy atom. The molecule has 0 radical (unpaired) electrons. The fourth-order valence-electron chi connectivity index (χ4n) is 4.13. The molecule has 38 heavy (non-hydrogen) atoms. The Morgan fingerprint density at radius 1 is 1.11 bits per heavy atom. The van der Waals surface area contributed by atoms with Crippen LogP contribution < -0.4 is 0 Å². The lowest BCUT2D eigenvalue weighted by molar-refractivity contribution is -0.113. The number of carbonyl (C=O) groups is 1. The van der Waals surface area contributed by atoms with E-state index in [1.54, 1.807) is 12.5 Å². The summed E-state index contributed by atoms with van der Waals surface area (Å²) in [4.78, 5) is 15.1. The molecular weight excluding hydrogens is 491 g/mol. The largest absolute Gasteiger partial charge is 0.510 e. The number of aryl methyl sites for hydroxylation is 1. The molecule has 0 spiro atoms. The van der Waals surface area contributed by atoms with Crippen LogP contribution in [0.15, 0.2) is 81.4 Å². The number of allylic oxidation sites excluding steroid dienone is 6. The number of ketones is 1. The van der Waals surface area contributed by atoms with Crippen LogP contribution in [0.2, 0.25) is 0 Å². The van der Waals surface area contributed by atoms with Crippen LogP contribution in [0.25, 0.3) is 5.57 Å². The monoisotopic (exact) mass is 531 g/mol. The highest BCUT2D eigenvalue weighted by Crippen LogP contribution is 2.31. The van der Waals surface area contributed by atoms with E-state index < -0.39 is 34.7 Å². The second-order valence-corrected chi connectivity index (χ2v) is 8.95. The molecule has 1 heterocycles. The van der Waals surface area contributed by atoms with Gasteiger partial charge in [0.15, 0.2) is 5.78 Å². The summed E-state index contributed by atoms with van der Waals surface area (Å²) in [5.74, 6) is -0.294. The van der Waals surface area contributed by atoms with Crippen molar-refractivity contribution in [2.45, 2.75) is 86.2 Å². The van der Waals surface area contributed by atoms with E-state index in [-0.39, 0.29) is 0 Å². The molecule has 0 aliphatic carbocycles. The first-order valence-electron chi connectivity index (χ1n) is 12.9.